The molecule has 2 amide bonds. The molecule has 4 heterocycles. The molecule has 3 aromatic rings. The van der Waals surface area contributed by atoms with Crippen molar-refractivity contribution in [3.05, 3.63) is 53.2 Å². The molecule has 5 N–H and O–H groups in total. The number of primary amides is 1. The molecule has 13 nitrogen and oxygen atoms in total. The van der Waals surface area contributed by atoms with Crippen molar-refractivity contribution in [3.8, 4) is 0 Å². The fourth-order valence-electron chi connectivity index (χ4n) is 4.29. The number of pyridine rings is 1. The van der Waals surface area contributed by atoms with Gasteiger partial charge in [0.15, 0.2) is 0 Å². The van der Waals surface area contributed by atoms with Gasteiger partial charge in [0, 0.05) is 42.4 Å². The smallest absolute Gasteiger partial charge is 0.339 e. The number of hydrogen-bond donors (Lipinski definition) is 4. The van der Waals surface area contributed by atoms with E-state index in [0.29, 0.717) is 18.8 Å². The van der Waals surface area contributed by atoms with Gasteiger partial charge in [-0.3, -0.25) is 14.7 Å². The van der Waals surface area contributed by atoms with Crippen molar-refractivity contribution >= 4 is 23.6 Å². The molecule has 13 heteroatoms. The number of fused-ring (bicyclic) bond motifs is 1. The number of carbonyl (C=O) groups excluding carboxylic acids is 2. The summed E-state index contributed by atoms with van der Waals surface area (Å²) < 4.78 is 1.43. The molecule has 1 aliphatic rings. The second-order valence-corrected chi connectivity index (χ2v) is 9.12. The van der Waals surface area contributed by atoms with Gasteiger partial charge in [0.1, 0.15) is 23.1 Å². The number of aromatic amines is 1. The van der Waals surface area contributed by atoms with Gasteiger partial charge in [0.05, 0.1) is 18.9 Å². The summed E-state index contributed by atoms with van der Waals surface area (Å²) in [6.07, 6.45) is 4.97. The Labute approximate surface area is 200 Å². The van der Waals surface area contributed by atoms with E-state index in [9.17, 15) is 19.5 Å². The highest BCUT2D eigenvalue weighted by atomic mass is 16.4. The molecule has 0 unspecified atom stereocenters. The number of nitrogens with two attached hydrogens (primary N) is 1. The fourth-order valence-corrected chi connectivity index (χ4v) is 4.29. The Hall–Kier alpha value is -4.29. The standard InChI is InChI=1S/C22H27N9O4/c1-22(2)12-30(10-13-8-26-28-18(13)22)20(33)16(5-6-17(23)32)31-11-14(27-29-31)9-25-19-15(21(34)35)4-3-7-24-19/h3-4,7-8,11,16H,5-6,9-10,12H2,1-2H3,(H2,23,32)(H,24,25)(H,26,28)(H,34,35)/t16-/m0/s1. The molecule has 1 aliphatic heterocycles. The van der Waals surface area contributed by atoms with Crippen LogP contribution in [0.15, 0.2) is 30.7 Å². The maximum Gasteiger partial charge on any atom is 0.339 e. The van der Waals surface area contributed by atoms with Gasteiger partial charge >= 0.3 is 5.97 Å². The number of amides is 2. The summed E-state index contributed by atoms with van der Waals surface area (Å²) in [6.45, 7) is 5.06. The number of anilines is 1. The predicted octanol–water partition coefficient (Wildman–Crippen LogP) is 0.833. The molecule has 0 fully saturated rings. The van der Waals surface area contributed by atoms with E-state index in [1.807, 2.05) is 13.8 Å². The van der Waals surface area contributed by atoms with Crippen LogP contribution < -0.4 is 11.1 Å². The first kappa shape index (κ1) is 23.9. The molecule has 0 aliphatic carbocycles. The summed E-state index contributed by atoms with van der Waals surface area (Å²) >= 11 is 0. The van der Waals surface area contributed by atoms with Crippen molar-refractivity contribution in [2.24, 2.45) is 5.73 Å². The van der Waals surface area contributed by atoms with Gasteiger partial charge in [0.25, 0.3) is 0 Å². The molecule has 0 saturated carbocycles. The Morgan fingerprint density at radius 1 is 1.34 bits per heavy atom. The Balaban J connectivity index is 1.53. The number of carboxylic acid groups (broad SMARTS) is 1. The number of carboxylic acids is 1. The molecule has 0 bridgehead atoms. The minimum atomic E-state index is -1.10. The summed E-state index contributed by atoms with van der Waals surface area (Å²) in [5.74, 6) is -1.63. The molecule has 0 saturated heterocycles. The lowest BCUT2D eigenvalue weighted by molar-refractivity contribution is -0.137. The maximum atomic E-state index is 13.6. The quantitative estimate of drug-likeness (QED) is 0.343. The van der Waals surface area contributed by atoms with E-state index in [2.05, 4.69) is 30.8 Å². The van der Waals surface area contributed by atoms with E-state index in [0.717, 1.165) is 11.3 Å². The number of H-pyrrole nitrogens is 1. The van der Waals surface area contributed by atoms with E-state index < -0.39 is 17.9 Å². The molecule has 0 aromatic carbocycles. The number of carbonyl (C=O) groups is 3. The minimum absolute atomic E-state index is 0.00789. The lowest BCUT2D eigenvalue weighted by atomic mass is 9.83. The highest BCUT2D eigenvalue weighted by Gasteiger charge is 2.38. The SMILES string of the molecule is CC1(C)CN(C(=O)[C@H](CCC(N)=O)n2cc(CNc3ncccc3C(=O)O)nn2)Cc2cn[nH]c21. The number of nitrogens with zero attached hydrogens (tertiary/aromatic N) is 6. The first-order chi connectivity index (χ1) is 16.7. The Morgan fingerprint density at radius 3 is 2.89 bits per heavy atom. The highest BCUT2D eigenvalue weighted by molar-refractivity contribution is 5.92. The van der Waals surface area contributed by atoms with Crippen LogP contribution in [0.3, 0.4) is 0 Å². The molecule has 4 rings (SSSR count). The van der Waals surface area contributed by atoms with Crippen LogP contribution in [0.25, 0.3) is 0 Å². The van der Waals surface area contributed by atoms with Crippen molar-refractivity contribution in [2.45, 2.75) is 51.2 Å². The molecule has 1 atom stereocenters. The Kier molecular flexibility index (Phi) is 6.49. The number of nitrogens with one attached hydrogen (secondary N) is 2. The molecule has 184 valence electrons. The number of rotatable bonds is 9. The number of aromatic carboxylic acids is 1. The van der Waals surface area contributed by atoms with Gasteiger partial charge < -0.3 is 21.1 Å². The van der Waals surface area contributed by atoms with Crippen LogP contribution in [0, 0.1) is 0 Å². The summed E-state index contributed by atoms with van der Waals surface area (Å²) in [5.41, 5.74) is 7.48. The third kappa shape index (κ3) is 5.13. The van der Waals surface area contributed by atoms with E-state index in [-0.39, 0.29) is 42.1 Å². The van der Waals surface area contributed by atoms with Crippen LogP contribution in [0.5, 0.6) is 0 Å². The first-order valence-corrected chi connectivity index (χ1v) is 11.1. The number of aromatic nitrogens is 6. The average Bonchev–Trinajstić information content (AvgIpc) is 3.47. The van der Waals surface area contributed by atoms with E-state index in [4.69, 9.17) is 5.73 Å². The minimum Gasteiger partial charge on any atom is -0.478 e. The molecular weight excluding hydrogens is 454 g/mol. The van der Waals surface area contributed by atoms with Crippen molar-refractivity contribution in [2.75, 3.05) is 11.9 Å². The molecular formula is C22H27N9O4. The summed E-state index contributed by atoms with van der Waals surface area (Å²) in [6, 6.07) is 2.20. The zero-order valence-corrected chi connectivity index (χ0v) is 19.4. The largest absolute Gasteiger partial charge is 0.478 e. The van der Waals surface area contributed by atoms with E-state index >= 15 is 0 Å². The molecule has 35 heavy (non-hydrogen) atoms. The summed E-state index contributed by atoms with van der Waals surface area (Å²) in [5, 5.41) is 27.6. The zero-order chi connectivity index (χ0) is 25.2. The monoisotopic (exact) mass is 481 g/mol. The average molecular weight is 482 g/mol. The molecule has 3 aromatic heterocycles. The van der Waals surface area contributed by atoms with E-state index in [1.54, 1.807) is 17.3 Å². The van der Waals surface area contributed by atoms with Gasteiger partial charge in [-0.25, -0.2) is 14.5 Å². The fraction of sp³-hybridized carbons (Fsp3) is 0.409. The van der Waals surface area contributed by atoms with Gasteiger partial charge in [-0.2, -0.15) is 5.10 Å². The van der Waals surface area contributed by atoms with Crippen molar-refractivity contribution in [1.82, 2.24) is 35.1 Å². The van der Waals surface area contributed by atoms with Crippen LogP contribution in [0.1, 0.15) is 60.0 Å². The highest BCUT2D eigenvalue weighted by Crippen LogP contribution is 2.33. The molecule has 0 radical (unpaired) electrons. The van der Waals surface area contributed by atoms with Crippen LogP contribution in [0.2, 0.25) is 0 Å². The third-order valence-electron chi connectivity index (χ3n) is 5.96. The normalized spacial score (nSPS) is 15.3. The predicted molar refractivity (Wildman–Crippen MR) is 123 cm³/mol. The number of hydrogen-bond acceptors (Lipinski definition) is 8. The van der Waals surface area contributed by atoms with Gasteiger partial charge in [0.2, 0.25) is 11.8 Å². The van der Waals surface area contributed by atoms with Crippen LogP contribution in [0.4, 0.5) is 5.82 Å². The van der Waals surface area contributed by atoms with Gasteiger partial charge in [-0.1, -0.05) is 19.1 Å². The third-order valence-corrected chi connectivity index (χ3v) is 5.96. The topological polar surface area (TPSA) is 185 Å². The van der Waals surface area contributed by atoms with Crippen LogP contribution in [-0.2, 0) is 28.1 Å². The summed E-state index contributed by atoms with van der Waals surface area (Å²) in [7, 11) is 0. The van der Waals surface area contributed by atoms with Gasteiger partial charge in [-0.05, 0) is 18.6 Å². The van der Waals surface area contributed by atoms with E-state index in [1.165, 1.54) is 23.0 Å². The molecule has 0 spiro atoms. The Bertz CT molecular complexity index is 1250. The Morgan fingerprint density at radius 2 is 2.14 bits per heavy atom. The first-order valence-electron chi connectivity index (χ1n) is 11.1. The van der Waals surface area contributed by atoms with Crippen molar-refractivity contribution < 1.29 is 19.5 Å². The zero-order valence-electron chi connectivity index (χ0n) is 19.4. The second-order valence-electron chi connectivity index (χ2n) is 9.12. The van der Waals surface area contributed by atoms with Gasteiger partial charge in [-0.15, -0.1) is 5.10 Å². The lowest BCUT2D eigenvalue weighted by Gasteiger charge is -2.38. The second kappa shape index (κ2) is 9.52. The van der Waals surface area contributed by atoms with Crippen molar-refractivity contribution in [1.29, 1.82) is 0 Å². The summed E-state index contributed by atoms with van der Waals surface area (Å²) in [4.78, 5) is 42.3. The maximum absolute atomic E-state index is 13.6. The van der Waals surface area contributed by atoms with Crippen LogP contribution >= 0.6 is 0 Å². The van der Waals surface area contributed by atoms with Crippen molar-refractivity contribution in [3.63, 3.8) is 0 Å². The lowest BCUT2D eigenvalue weighted by Crippen LogP contribution is -2.47. The van der Waals surface area contributed by atoms with Crippen LogP contribution in [-0.4, -0.2) is 64.5 Å².